The van der Waals surface area contributed by atoms with Crippen LogP contribution in [0.1, 0.15) is 27.7 Å². The van der Waals surface area contributed by atoms with E-state index in [0.29, 0.717) is 19.8 Å². The zero-order chi connectivity index (χ0) is 13.1. The average molecular weight is 246 g/mol. The standard InChI is InChI=1S/C12H22O5/c1-11(2,10(13)14)8-15-5-9-6-16-12(3,4)17-7-9/h9H,5-8H2,1-4H3,(H,13,14). The van der Waals surface area contributed by atoms with Gasteiger partial charge < -0.3 is 19.3 Å². The van der Waals surface area contributed by atoms with Gasteiger partial charge in [-0.1, -0.05) is 0 Å². The highest BCUT2D eigenvalue weighted by molar-refractivity contribution is 5.73. The van der Waals surface area contributed by atoms with E-state index in [-0.39, 0.29) is 12.5 Å². The van der Waals surface area contributed by atoms with E-state index in [4.69, 9.17) is 19.3 Å². The van der Waals surface area contributed by atoms with Gasteiger partial charge in [0.2, 0.25) is 0 Å². The third kappa shape index (κ3) is 4.61. The molecule has 0 aromatic heterocycles. The molecule has 1 aliphatic heterocycles. The van der Waals surface area contributed by atoms with E-state index in [2.05, 4.69) is 0 Å². The summed E-state index contributed by atoms with van der Waals surface area (Å²) in [5, 5.41) is 8.92. The Morgan fingerprint density at radius 2 is 1.94 bits per heavy atom. The van der Waals surface area contributed by atoms with Gasteiger partial charge in [0.25, 0.3) is 0 Å². The predicted octanol–water partition coefficient (Wildman–Crippen LogP) is 1.51. The Balaban J connectivity index is 2.23. The van der Waals surface area contributed by atoms with Crippen molar-refractivity contribution in [1.29, 1.82) is 0 Å². The quantitative estimate of drug-likeness (QED) is 0.796. The lowest BCUT2D eigenvalue weighted by atomic mass is 9.95. The Bertz CT molecular complexity index is 262. The van der Waals surface area contributed by atoms with Crippen molar-refractivity contribution in [2.75, 3.05) is 26.4 Å². The second-order valence-electron chi connectivity index (χ2n) is 5.59. The molecule has 1 aliphatic rings. The third-order valence-corrected chi connectivity index (χ3v) is 2.73. The van der Waals surface area contributed by atoms with Gasteiger partial charge in [-0.15, -0.1) is 0 Å². The van der Waals surface area contributed by atoms with Gasteiger partial charge in [0.1, 0.15) is 0 Å². The summed E-state index contributed by atoms with van der Waals surface area (Å²) in [6.45, 7) is 8.86. The molecule has 0 aromatic carbocycles. The minimum absolute atomic E-state index is 0.174. The average Bonchev–Trinajstić information content (AvgIpc) is 2.20. The van der Waals surface area contributed by atoms with E-state index in [1.54, 1.807) is 13.8 Å². The molecule has 0 saturated carbocycles. The first-order chi connectivity index (χ1) is 7.73. The van der Waals surface area contributed by atoms with Crippen LogP contribution in [-0.2, 0) is 19.0 Å². The topological polar surface area (TPSA) is 65.0 Å². The van der Waals surface area contributed by atoms with Crippen molar-refractivity contribution < 1.29 is 24.1 Å². The van der Waals surface area contributed by atoms with Crippen LogP contribution in [0.2, 0.25) is 0 Å². The second-order valence-corrected chi connectivity index (χ2v) is 5.59. The lowest BCUT2D eigenvalue weighted by Crippen LogP contribution is -2.41. The molecule has 0 bridgehead atoms. The molecule has 1 N–H and O–H groups in total. The van der Waals surface area contributed by atoms with Crippen LogP contribution in [-0.4, -0.2) is 43.3 Å². The maximum Gasteiger partial charge on any atom is 0.311 e. The Morgan fingerprint density at radius 1 is 1.41 bits per heavy atom. The Morgan fingerprint density at radius 3 is 2.41 bits per heavy atom. The molecule has 0 atom stereocenters. The SMILES string of the molecule is CC1(C)OCC(COCC(C)(C)C(=O)O)CO1. The van der Waals surface area contributed by atoms with Crippen LogP contribution in [0.3, 0.4) is 0 Å². The summed E-state index contributed by atoms with van der Waals surface area (Å²) in [7, 11) is 0. The van der Waals surface area contributed by atoms with Crippen molar-refractivity contribution in [2.24, 2.45) is 11.3 Å². The maximum atomic E-state index is 10.9. The number of carboxylic acid groups (broad SMARTS) is 1. The van der Waals surface area contributed by atoms with E-state index in [9.17, 15) is 4.79 Å². The van der Waals surface area contributed by atoms with Crippen molar-refractivity contribution in [2.45, 2.75) is 33.5 Å². The Hall–Kier alpha value is -0.650. The van der Waals surface area contributed by atoms with Crippen LogP contribution < -0.4 is 0 Å². The summed E-state index contributed by atoms with van der Waals surface area (Å²) in [6, 6.07) is 0. The molecule has 0 spiro atoms. The number of hydrogen-bond acceptors (Lipinski definition) is 4. The van der Waals surface area contributed by atoms with Crippen molar-refractivity contribution in [1.82, 2.24) is 0 Å². The van der Waals surface area contributed by atoms with Gasteiger partial charge >= 0.3 is 5.97 Å². The molecule has 0 unspecified atom stereocenters. The highest BCUT2D eigenvalue weighted by Crippen LogP contribution is 2.21. The lowest BCUT2D eigenvalue weighted by molar-refractivity contribution is -0.266. The van der Waals surface area contributed by atoms with Gasteiger partial charge in [-0.2, -0.15) is 0 Å². The fourth-order valence-corrected chi connectivity index (χ4v) is 1.37. The van der Waals surface area contributed by atoms with Crippen LogP contribution in [0.15, 0.2) is 0 Å². The predicted molar refractivity (Wildman–Crippen MR) is 61.7 cm³/mol. The molecule has 5 nitrogen and oxygen atoms in total. The number of carboxylic acids is 1. The molecule has 0 radical (unpaired) electrons. The van der Waals surface area contributed by atoms with E-state index >= 15 is 0 Å². The van der Waals surface area contributed by atoms with E-state index in [0.717, 1.165) is 0 Å². The smallest absolute Gasteiger partial charge is 0.311 e. The highest BCUT2D eigenvalue weighted by atomic mass is 16.7. The highest BCUT2D eigenvalue weighted by Gasteiger charge is 2.30. The first kappa shape index (κ1) is 14.4. The molecule has 1 saturated heterocycles. The molecule has 0 amide bonds. The number of ether oxygens (including phenoxy) is 3. The van der Waals surface area contributed by atoms with Crippen molar-refractivity contribution in [3.8, 4) is 0 Å². The molecule has 1 fully saturated rings. The molecule has 0 aliphatic carbocycles. The Labute approximate surface area is 102 Å². The van der Waals surface area contributed by atoms with Gasteiger partial charge in [-0.25, -0.2) is 0 Å². The van der Waals surface area contributed by atoms with E-state index < -0.39 is 17.2 Å². The first-order valence-corrected chi connectivity index (χ1v) is 5.82. The lowest BCUT2D eigenvalue weighted by Gasteiger charge is -2.35. The number of carbonyl (C=O) groups is 1. The van der Waals surface area contributed by atoms with Crippen LogP contribution >= 0.6 is 0 Å². The minimum Gasteiger partial charge on any atom is -0.481 e. The third-order valence-electron chi connectivity index (χ3n) is 2.73. The monoisotopic (exact) mass is 246 g/mol. The summed E-state index contributed by atoms with van der Waals surface area (Å²) in [5.74, 6) is -1.20. The summed E-state index contributed by atoms with van der Waals surface area (Å²) in [6.07, 6.45) is 0. The molecule has 1 heterocycles. The molecule has 100 valence electrons. The van der Waals surface area contributed by atoms with E-state index in [1.165, 1.54) is 0 Å². The Kier molecular flexibility index (Phi) is 4.52. The first-order valence-electron chi connectivity index (χ1n) is 5.82. The molecule has 5 heteroatoms. The van der Waals surface area contributed by atoms with Crippen molar-refractivity contribution in [3.63, 3.8) is 0 Å². The zero-order valence-electron chi connectivity index (χ0n) is 11.0. The van der Waals surface area contributed by atoms with Gasteiger partial charge in [0.05, 0.1) is 31.8 Å². The van der Waals surface area contributed by atoms with Gasteiger partial charge in [-0.05, 0) is 27.7 Å². The molecule has 0 aromatic rings. The fourth-order valence-electron chi connectivity index (χ4n) is 1.37. The maximum absolute atomic E-state index is 10.9. The van der Waals surface area contributed by atoms with Crippen molar-refractivity contribution >= 4 is 5.97 Å². The minimum atomic E-state index is -0.852. The second kappa shape index (κ2) is 5.33. The van der Waals surface area contributed by atoms with Crippen LogP contribution in [0.4, 0.5) is 0 Å². The van der Waals surface area contributed by atoms with Crippen LogP contribution in [0.25, 0.3) is 0 Å². The van der Waals surface area contributed by atoms with Crippen LogP contribution in [0, 0.1) is 11.3 Å². The van der Waals surface area contributed by atoms with Crippen LogP contribution in [0.5, 0.6) is 0 Å². The molecule has 1 rings (SSSR count). The van der Waals surface area contributed by atoms with E-state index in [1.807, 2.05) is 13.8 Å². The largest absolute Gasteiger partial charge is 0.481 e. The zero-order valence-corrected chi connectivity index (χ0v) is 11.0. The van der Waals surface area contributed by atoms with Gasteiger partial charge in [0.15, 0.2) is 5.79 Å². The summed E-state index contributed by atoms with van der Waals surface area (Å²) in [5.41, 5.74) is -0.852. The van der Waals surface area contributed by atoms with Gasteiger partial charge in [-0.3, -0.25) is 4.79 Å². The van der Waals surface area contributed by atoms with Crippen molar-refractivity contribution in [3.05, 3.63) is 0 Å². The number of aliphatic carboxylic acids is 1. The molecular formula is C12H22O5. The summed E-state index contributed by atoms with van der Waals surface area (Å²) < 4.78 is 16.4. The number of hydrogen-bond donors (Lipinski definition) is 1. The molecular weight excluding hydrogens is 224 g/mol. The molecule has 17 heavy (non-hydrogen) atoms. The fraction of sp³-hybridized carbons (Fsp3) is 0.917. The normalized spacial score (nSPS) is 21.4. The number of rotatable bonds is 5. The summed E-state index contributed by atoms with van der Waals surface area (Å²) in [4.78, 5) is 10.9. The summed E-state index contributed by atoms with van der Waals surface area (Å²) >= 11 is 0. The van der Waals surface area contributed by atoms with Gasteiger partial charge in [0, 0.05) is 5.92 Å².